The SMILES string of the molecule is O=C(O)c1ccc2c(c1)C1OCCC1C(C1CCCCC1)N2. The Bertz CT molecular complexity index is 580. The fourth-order valence-corrected chi connectivity index (χ4v) is 4.60. The number of benzene rings is 1. The Morgan fingerprint density at radius 1 is 1.18 bits per heavy atom. The van der Waals surface area contributed by atoms with Crippen molar-refractivity contribution in [1.82, 2.24) is 0 Å². The first-order valence-corrected chi connectivity index (χ1v) is 8.49. The van der Waals surface area contributed by atoms with E-state index >= 15 is 0 Å². The normalized spacial score (nSPS) is 31.2. The molecule has 3 unspecified atom stereocenters. The van der Waals surface area contributed by atoms with Crippen molar-refractivity contribution in [2.24, 2.45) is 11.8 Å². The summed E-state index contributed by atoms with van der Waals surface area (Å²) in [6.07, 6.45) is 7.81. The minimum Gasteiger partial charge on any atom is -0.478 e. The lowest BCUT2D eigenvalue weighted by molar-refractivity contribution is 0.0687. The van der Waals surface area contributed by atoms with E-state index < -0.39 is 5.97 Å². The molecular weight excluding hydrogens is 278 g/mol. The van der Waals surface area contributed by atoms with Gasteiger partial charge in [0.15, 0.2) is 0 Å². The molecule has 1 aliphatic carbocycles. The Kier molecular flexibility index (Phi) is 3.57. The molecule has 4 nitrogen and oxygen atoms in total. The van der Waals surface area contributed by atoms with Crippen LogP contribution < -0.4 is 5.32 Å². The highest BCUT2D eigenvalue weighted by atomic mass is 16.5. The summed E-state index contributed by atoms with van der Waals surface area (Å²) < 4.78 is 6.01. The van der Waals surface area contributed by atoms with Crippen LogP contribution in [0.2, 0.25) is 0 Å². The zero-order valence-electron chi connectivity index (χ0n) is 12.8. The van der Waals surface area contributed by atoms with Gasteiger partial charge in [0.1, 0.15) is 0 Å². The van der Waals surface area contributed by atoms with E-state index in [-0.39, 0.29) is 6.10 Å². The number of hydrogen-bond acceptors (Lipinski definition) is 3. The molecule has 1 saturated carbocycles. The van der Waals surface area contributed by atoms with Crippen molar-refractivity contribution in [3.63, 3.8) is 0 Å². The highest BCUT2D eigenvalue weighted by Gasteiger charge is 2.44. The van der Waals surface area contributed by atoms with Gasteiger partial charge in [0.05, 0.1) is 11.7 Å². The number of nitrogens with one attached hydrogen (secondary N) is 1. The number of ether oxygens (including phenoxy) is 1. The van der Waals surface area contributed by atoms with E-state index in [1.807, 2.05) is 6.07 Å². The molecule has 22 heavy (non-hydrogen) atoms. The predicted molar refractivity (Wildman–Crippen MR) is 84.2 cm³/mol. The van der Waals surface area contributed by atoms with Gasteiger partial charge in [0, 0.05) is 29.8 Å². The van der Waals surface area contributed by atoms with Crippen molar-refractivity contribution in [2.75, 3.05) is 11.9 Å². The average molecular weight is 301 g/mol. The fraction of sp³-hybridized carbons (Fsp3) is 0.611. The summed E-state index contributed by atoms with van der Waals surface area (Å²) in [5, 5.41) is 13.0. The summed E-state index contributed by atoms with van der Waals surface area (Å²) in [6, 6.07) is 5.90. The third-order valence-electron chi connectivity index (χ3n) is 5.68. The monoisotopic (exact) mass is 301 g/mol. The van der Waals surface area contributed by atoms with E-state index in [1.165, 1.54) is 32.1 Å². The van der Waals surface area contributed by atoms with Crippen LogP contribution in [-0.4, -0.2) is 23.7 Å². The number of aromatic carboxylic acids is 1. The van der Waals surface area contributed by atoms with Gasteiger partial charge in [-0.1, -0.05) is 19.3 Å². The van der Waals surface area contributed by atoms with Gasteiger partial charge in [0.25, 0.3) is 0 Å². The first-order chi connectivity index (χ1) is 10.7. The van der Waals surface area contributed by atoms with Crippen molar-refractivity contribution in [1.29, 1.82) is 0 Å². The van der Waals surface area contributed by atoms with Crippen LogP contribution in [0.1, 0.15) is 60.6 Å². The molecule has 2 heterocycles. The van der Waals surface area contributed by atoms with Crippen LogP contribution in [0.3, 0.4) is 0 Å². The Morgan fingerprint density at radius 3 is 2.77 bits per heavy atom. The molecule has 0 spiro atoms. The minimum absolute atomic E-state index is 0.0717. The zero-order chi connectivity index (χ0) is 15.1. The first kappa shape index (κ1) is 14.1. The Labute approximate surface area is 130 Å². The lowest BCUT2D eigenvalue weighted by atomic mass is 9.73. The number of carboxylic acids is 1. The molecule has 1 aromatic rings. The number of rotatable bonds is 2. The molecule has 3 atom stereocenters. The molecule has 0 aromatic heterocycles. The Balaban J connectivity index is 1.68. The van der Waals surface area contributed by atoms with Crippen molar-refractivity contribution in [3.8, 4) is 0 Å². The summed E-state index contributed by atoms with van der Waals surface area (Å²) >= 11 is 0. The van der Waals surface area contributed by atoms with Crippen LogP contribution >= 0.6 is 0 Å². The number of fused-ring (bicyclic) bond motifs is 3. The van der Waals surface area contributed by atoms with Gasteiger partial charge in [-0.3, -0.25) is 0 Å². The molecule has 118 valence electrons. The van der Waals surface area contributed by atoms with Gasteiger partial charge in [-0.2, -0.15) is 0 Å². The third-order valence-corrected chi connectivity index (χ3v) is 5.68. The molecule has 0 bridgehead atoms. The highest BCUT2D eigenvalue weighted by Crippen LogP contribution is 2.48. The molecule has 3 aliphatic rings. The van der Waals surface area contributed by atoms with Crippen molar-refractivity contribution < 1.29 is 14.6 Å². The molecule has 0 radical (unpaired) electrons. The number of hydrogen-bond donors (Lipinski definition) is 2. The van der Waals surface area contributed by atoms with Gasteiger partial charge in [0.2, 0.25) is 0 Å². The van der Waals surface area contributed by atoms with Gasteiger partial charge in [-0.05, 0) is 43.4 Å². The topological polar surface area (TPSA) is 58.6 Å². The predicted octanol–water partition coefficient (Wildman–Crippen LogP) is 3.84. The fourth-order valence-electron chi connectivity index (χ4n) is 4.60. The summed E-state index contributed by atoms with van der Waals surface area (Å²) in [5.41, 5.74) is 2.46. The van der Waals surface area contributed by atoms with E-state index in [0.29, 0.717) is 17.5 Å². The van der Waals surface area contributed by atoms with E-state index in [0.717, 1.165) is 30.2 Å². The van der Waals surface area contributed by atoms with Gasteiger partial charge < -0.3 is 15.2 Å². The highest BCUT2D eigenvalue weighted by molar-refractivity contribution is 5.88. The molecule has 4 heteroatoms. The quantitative estimate of drug-likeness (QED) is 0.871. The molecule has 1 saturated heterocycles. The number of carbonyl (C=O) groups is 1. The summed E-state index contributed by atoms with van der Waals surface area (Å²) in [7, 11) is 0. The van der Waals surface area contributed by atoms with Crippen LogP contribution in [0.15, 0.2) is 18.2 Å². The lowest BCUT2D eigenvalue weighted by Gasteiger charge is -2.42. The van der Waals surface area contributed by atoms with E-state index in [4.69, 9.17) is 4.74 Å². The standard InChI is InChI=1S/C18H23NO3/c20-18(21)12-6-7-15-14(10-12)17-13(8-9-22-17)16(19-15)11-4-2-1-3-5-11/h6-7,10-11,13,16-17,19H,1-5,8-9H2,(H,20,21). The van der Waals surface area contributed by atoms with E-state index in [2.05, 4.69) is 5.32 Å². The van der Waals surface area contributed by atoms with Crippen LogP contribution in [0, 0.1) is 11.8 Å². The third kappa shape index (κ3) is 2.30. The largest absolute Gasteiger partial charge is 0.478 e. The molecule has 4 rings (SSSR count). The maximum absolute atomic E-state index is 11.2. The average Bonchev–Trinajstić information content (AvgIpc) is 3.04. The smallest absolute Gasteiger partial charge is 0.335 e. The molecule has 2 fully saturated rings. The summed E-state index contributed by atoms with van der Waals surface area (Å²) in [4.78, 5) is 11.2. The van der Waals surface area contributed by atoms with Crippen molar-refractivity contribution in [3.05, 3.63) is 29.3 Å². The second-order valence-corrected chi connectivity index (χ2v) is 6.92. The zero-order valence-corrected chi connectivity index (χ0v) is 12.8. The second-order valence-electron chi connectivity index (χ2n) is 6.92. The lowest BCUT2D eigenvalue weighted by Crippen LogP contribution is -2.42. The van der Waals surface area contributed by atoms with Crippen LogP contribution in [0.4, 0.5) is 5.69 Å². The molecule has 0 amide bonds. The maximum Gasteiger partial charge on any atom is 0.335 e. The van der Waals surface area contributed by atoms with E-state index in [9.17, 15) is 9.90 Å². The maximum atomic E-state index is 11.2. The Hall–Kier alpha value is -1.55. The van der Waals surface area contributed by atoms with Gasteiger partial charge in [-0.15, -0.1) is 0 Å². The van der Waals surface area contributed by atoms with Gasteiger partial charge in [-0.25, -0.2) is 4.79 Å². The molecule has 2 aliphatic heterocycles. The van der Waals surface area contributed by atoms with Crippen molar-refractivity contribution in [2.45, 2.75) is 50.7 Å². The number of anilines is 1. The minimum atomic E-state index is -0.869. The molecular formula is C18H23NO3. The van der Waals surface area contributed by atoms with Crippen LogP contribution in [0.25, 0.3) is 0 Å². The first-order valence-electron chi connectivity index (χ1n) is 8.49. The summed E-state index contributed by atoms with van der Waals surface area (Å²) in [5.74, 6) is 0.349. The van der Waals surface area contributed by atoms with Gasteiger partial charge >= 0.3 is 5.97 Å². The van der Waals surface area contributed by atoms with E-state index in [1.54, 1.807) is 12.1 Å². The van der Waals surface area contributed by atoms with Crippen molar-refractivity contribution >= 4 is 11.7 Å². The second kappa shape index (κ2) is 5.58. The Morgan fingerprint density at radius 2 is 2.00 bits per heavy atom. The summed E-state index contributed by atoms with van der Waals surface area (Å²) in [6.45, 7) is 0.789. The van der Waals surface area contributed by atoms with Crippen LogP contribution in [-0.2, 0) is 4.74 Å². The molecule has 1 aromatic carbocycles. The van der Waals surface area contributed by atoms with Crippen LogP contribution in [0.5, 0.6) is 0 Å². The molecule has 2 N–H and O–H groups in total. The number of carboxylic acid groups (broad SMARTS) is 1.